The smallest absolute Gasteiger partial charge is 0.249 e. The topological polar surface area (TPSA) is 68.7 Å². The summed E-state index contributed by atoms with van der Waals surface area (Å²) in [6.45, 7) is 2.08. The van der Waals surface area contributed by atoms with E-state index in [4.69, 9.17) is 21.1 Å². The molecule has 2 heterocycles. The fraction of sp³-hybridized carbons (Fsp3) is 0.389. The molecule has 138 valence electrons. The van der Waals surface area contributed by atoms with Crippen LogP contribution < -0.4 is 4.74 Å². The summed E-state index contributed by atoms with van der Waals surface area (Å²) in [6.07, 6.45) is 0.738. The van der Waals surface area contributed by atoms with E-state index in [0.717, 1.165) is 11.1 Å². The number of amides is 1. The molecular weight excluding hydrogens is 363 g/mol. The lowest BCUT2D eigenvalue weighted by atomic mass is 9.97. The Morgan fingerprint density at radius 2 is 2.23 bits per heavy atom. The first kappa shape index (κ1) is 18.5. The third-order valence-corrected chi connectivity index (χ3v) is 5.01. The minimum absolute atomic E-state index is 0.0282. The molecule has 6 nitrogen and oxygen atoms in total. The average molecular weight is 381 g/mol. The monoisotopic (exact) mass is 380 g/mol. The largest absolute Gasteiger partial charge is 0.495 e. The first-order valence-corrected chi connectivity index (χ1v) is 8.41. The van der Waals surface area contributed by atoms with E-state index >= 15 is 0 Å². The molecule has 0 spiro atoms. The average Bonchev–Trinajstić information content (AvgIpc) is 2.97. The number of ether oxygens (including phenoxy) is 2. The molecule has 8 heteroatoms. The van der Waals surface area contributed by atoms with Crippen molar-refractivity contribution in [3.63, 3.8) is 0 Å². The zero-order valence-electron chi connectivity index (χ0n) is 14.6. The zero-order chi connectivity index (χ0) is 19.0. The van der Waals surface area contributed by atoms with Crippen LogP contribution in [-0.2, 0) is 27.3 Å². The molecule has 0 saturated carbocycles. The summed E-state index contributed by atoms with van der Waals surface area (Å²) in [5, 5.41) is 0.357. The van der Waals surface area contributed by atoms with Gasteiger partial charge in [0.25, 0.3) is 0 Å². The normalized spacial score (nSPS) is 16.0. The molecule has 0 bridgehead atoms. The maximum atomic E-state index is 14.8. The van der Waals surface area contributed by atoms with Crippen molar-refractivity contribution in [1.82, 2.24) is 9.88 Å². The van der Waals surface area contributed by atoms with Crippen LogP contribution in [0.25, 0.3) is 10.9 Å². The number of aromatic nitrogens is 1. The van der Waals surface area contributed by atoms with Crippen molar-refractivity contribution in [2.45, 2.75) is 25.9 Å². The Balaban J connectivity index is 2.28. The lowest BCUT2D eigenvalue weighted by Gasteiger charge is -2.22. The Morgan fingerprint density at radius 3 is 2.85 bits per heavy atom. The number of aldehydes is 1. The van der Waals surface area contributed by atoms with Crippen LogP contribution in [-0.4, -0.2) is 42.9 Å². The van der Waals surface area contributed by atoms with Crippen molar-refractivity contribution in [2.75, 3.05) is 20.8 Å². The fourth-order valence-corrected chi connectivity index (χ4v) is 3.67. The predicted molar refractivity (Wildman–Crippen MR) is 93.9 cm³/mol. The molecule has 3 rings (SSSR count). The molecule has 1 aromatic heterocycles. The molecule has 0 unspecified atom stereocenters. The number of nitrogens with zero attached hydrogens (tertiary/aromatic N) is 2. The second kappa shape index (κ2) is 7.17. The molecule has 1 amide bonds. The number of rotatable bonds is 5. The Kier molecular flexibility index (Phi) is 5.11. The van der Waals surface area contributed by atoms with E-state index in [1.54, 1.807) is 11.0 Å². The van der Waals surface area contributed by atoms with E-state index in [-0.39, 0.29) is 47.8 Å². The number of benzene rings is 1. The fourth-order valence-electron chi connectivity index (χ4n) is 3.45. The van der Waals surface area contributed by atoms with Gasteiger partial charge in [0.15, 0.2) is 5.82 Å². The zero-order valence-corrected chi connectivity index (χ0v) is 15.4. The number of halogens is 2. The van der Waals surface area contributed by atoms with Gasteiger partial charge in [-0.1, -0.05) is 11.6 Å². The Morgan fingerprint density at radius 1 is 1.50 bits per heavy atom. The maximum Gasteiger partial charge on any atom is 0.249 e. The van der Waals surface area contributed by atoms with E-state index < -0.39 is 5.82 Å². The van der Waals surface area contributed by atoms with Crippen LogP contribution in [0.2, 0.25) is 5.02 Å². The van der Waals surface area contributed by atoms with Crippen molar-refractivity contribution >= 4 is 34.7 Å². The molecule has 26 heavy (non-hydrogen) atoms. The van der Waals surface area contributed by atoms with Crippen molar-refractivity contribution in [3.8, 4) is 5.75 Å². The van der Waals surface area contributed by atoms with E-state index in [1.165, 1.54) is 14.2 Å². The Hall–Kier alpha value is -2.25. The number of hydrogen-bond donors (Lipinski definition) is 0. The van der Waals surface area contributed by atoms with Gasteiger partial charge >= 0.3 is 0 Å². The van der Waals surface area contributed by atoms with Crippen LogP contribution in [0.5, 0.6) is 5.75 Å². The molecule has 0 saturated heterocycles. The van der Waals surface area contributed by atoms with E-state index in [9.17, 15) is 14.0 Å². The van der Waals surface area contributed by atoms with E-state index in [0.29, 0.717) is 17.4 Å². The maximum absolute atomic E-state index is 14.8. The van der Waals surface area contributed by atoms with Crippen molar-refractivity contribution in [3.05, 3.63) is 33.7 Å². The number of pyridine rings is 1. The molecule has 0 N–H and O–H groups in total. The number of carbonyl (C=O) groups is 2. The van der Waals surface area contributed by atoms with Gasteiger partial charge in [-0.15, -0.1) is 0 Å². The molecule has 0 aliphatic carbocycles. The molecule has 1 atom stereocenters. The van der Waals surface area contributed by atoms with Gasteiger partial charge in [0.1, 0.15) is 29.2 Å². The highest BCUT2D eigenvalue weighted by Crippen LogP contribution is 2.43. The number of methoxy groups -OCH3 is 2. The van der Waals surface area contributed by atoms with Gasteiger partial charge in [0, 0.05) is 25.5 Å². The summed E-state index contributed by atoms with van der Waals surface area (Å²) < 4.78 is 24.9. The minimum Gasteiger partial charge on any atom is -0.495 e. The quantitative estimate of drug-likeness (QED) is 0.746. The van der Waals surface area contributed by atoms with Crippen LogP contribution in [0, 0.1) is 5.82 Å². The van der Waals surface area contributed by atoms with Gasteiger partial charge in [-0.25, -0.2) is 9.37 Å². The molecular formula is C18H18ClFN2O4. The van der Waals surface area contributed by atoms with E-state index in [1.807, 2.05) is 6.92 Å². The van der Waals surface area contributed by atoms with Gasteiger partial charge in [-0.3, -0.25) is 4.79 Å². The van der Waals surface area contributed by atoms with Gasteiger partial charge in [0.05, 0.1) is 18.8 Å². The standard InChI is InChI=1S/C18H18ClFN2O4/c1-9-15-10-6-13(26-3)16(19)17(20)18(10)21-12(4-5-23)11(15)7-22(9)14(24)8-25-2/h5-6,9H,4,7-8H2,1-3H3/t9-/m0/s1. The summed E-state index contributed by atoms with van der Waals surface area (Å²) >= 11 is 6.02. The third kappa shape index (κ3) is 2.81. The molecule has 1 aliphatic rings. The summed E-state index contributed by atoms with van der Waals surface area (Å²) in [5.74, 6) is -0.703. The Labute approximate surface area is 154 Å². The van der Waals surface area contributed by atoms with Crippen LogP contribution in [0.3, 0.4) is 0 Å². The molecule has 0 fully saturated rings. The molecule has 1 aromatic carbocycles. The highest BCUT2D eigenvalue weighted by atomic mass is 35.5. The van der Waals surface area contributed by atoms with Crippen LogP contribution in [0.1, 0.15) is 29.8 Å². The lowest BCUT2D eigenvalue weighted by Crippen LogP contribution is -2.31. The van der Waals surface area contributed by atoms with Crippen LogP contribution >= 0.6 is 11.6 Å². The number of carbonyl (C=O) groups excluding carboxylic acids is 2. The van der Waals surface area contributed by atoms with Crippen molar-refractivity contribution < 1.29 is 23.5 Å². The molecule has 2 aromatic rings. The highest BCUT2D eigenvalue weighted by molar-refractivity contribution is 6.33. The second-order valence-corrected chi connectivity index (χ2v) is 6.43. The number of fused-ring (bicyclic) bond motifs is 3. The van der Waals surface area contributed by atoms with Crippen LogP contribution in [0.15, 0.2) is 6.07 Å². The SMILES string of the molecule is COCC(=O)N1Cc2c(CC=O)nc3c(F)c(Cl)c(OC)cc3c2[C@@H]1C. The van der Waals surface area contributed by atoms with Gasteiger partial charge in [0.2, 0.25) is 5.91 Å². The predicted octanol–water partition coefficient (Wildman–Crippen LogP) is 2.83. The first-order valence-electron chi connectivity index (χ1n) is 8.03. The Bertz CT molecular complexity index is 903. The number of hydrogen-bond acceptors (Lipinski definition) is 5. The summed E-state index contributed by atoms with van der Waals surface area (Å²) in [6, 6.07) is 1.30. The first-order chi connectivity index (χ1) is 12.4. The van der Waals surface area contributed by atoms with Gasteiger partial charge in [-0.05, 0) is 24.1 Å². The highest BCUT2D eigenvalue weighted by Gasteiger charge is 2.35. The minimum atomic E-state index is -0.704. The summed E-state index contributed by atoms with van der Waals surface area (Å²) in [5.41, 5.74) is 2.02. The van der Waals surface area contributed by atoms with Crippen molar-refractivity contribution in [1.29, 1.82) is 0 Å². The summed E-state index contributed by atoms with van der Waals surface area (Å²) in [7, 11) is 2.85. The van der Waals surface area contributed by atoms with Gasteiger partial charge in [-0.2, -0.15) is 0 Å². The molecule has 0 radical (unpaired) electrons. The third-order valence-electron chi connectivity index (χ3n) is 4.66. The van der Waals surface area contributed by atoms with E-state index in [2.05, 4.69) is 4.98 Å². The van der Waals surface area contributed by atoms with Crippen molar-refractivity contribution in [2.24, 2.45) is 0 Å². The molecule has 1 aliphatic heterocycles. The summed E-state index contributed by atoms with van der Waals surface area (Å²) in [4.78, 5) is 29.4. The second-order valence-electron chi connectivity index (χ2n) is 6.06. The van der Waals surface area contributed by atoms with Gasteiger partial charge < -0.3 is 19.2 Å². The van der Waals surface area contributed by atoms with Crippen LogP contribution in [0.4, 0.5) is 4.39 Å². The lowest BCUT2D eigenvalue weighted by molar-refractivity contribution is -0.137.